The molecule has 4 rings (SSSR count). The fraction of sp³-hybridized carbons (Fsp3) is 1.00. The van der Waals surface area contributed by atoms with Crippen LogP contribution in [0.3, 0.4) is 0 Å². The summed E-state index contributed by atoms with van der Waals surface area (Å²) in [6.45, 7) is 7.48. The molecule has 7 atom stereocenters. The summed E-state index contributed by atoms with van der Waals surface area (Å²) in [5.41, 5.74) is 0.965. The fourth-order valence-electron chi connectivity index (χ4n) is 8.26. The highest BCUT2D eigenvalue weighted by molar-refractivity contribution is 5.09. The second-order valence-corrected chi connectivity index (χ2v) is 10.8. The van der Waals surface area contributed by atoms with Crippen molar-refractivity contribution in [2.75, 3.05) is 0 Å². The van der Waals surface area contributed by atoms with E-state index in [1.807, 2.05) is 0 Å². The molecule has 4 aliphatic carbocycles. The van der Waals surface area contributed by atoms with E-state index in [0.717, 1.165) is 30.1 Å². The SMILES string of the molecule is CCCC[C@H]1CC[C@H]2[C@@H]3CC[C@H]4CC(O)(O)CC[C@]4(C)[C@H]3CC[C@]12C. The predicted molar refractivity (Wildman–Crippen MR) is 102 cm³/mol. The first-order chi connectivity index (χ1) is 11.8. The number of rotatable bonds is 3. The van der Waals surface area contributed by atoms with Gasteiger partial charge in [0.1, 0.15) is 0 Å². The van der Waals surface area contributed by atoms with E-state index in [9.17, 15) is 10.2 Å². The van der Waals surface area contributed by atoms with Gasteiger partial charge in [0, 0.05) is 12.8 Å². The van der Waals surface area contributed by atoms with Crippen LogP contribution in [0.1, 0.15) is 97.8 Å². The standard InChI is InChI=1S/C23H40O2/c1-4-5-6-16-8-10-19-18-9-7-17-15-23(24,25)14-13-22(17,3)20(18)11-12-21(16,19)2/h16-20,24-25H,4-15H2,1-3H3/t16-,17-,18-,19-,20-,21+,22-/m0/s1. The molecule has 0 aromatic heterocycles. The molecule has 4 saturated carbocycles. The summed E-state index contributed by atoms with van der Waals surface area (Å²) < 4.78 is 0. The van der Waals surface area contributed by atoms with Crippen molar-refractivity contribution in [3.63, 3.8) is 0 Å². The first kappa shape index (κ1) is 18.3. The van der Waals surface area contributed by atoms with Crippen LogP contribution in [0.15, 0.2) is 0 Å². The number of aliphatic hydroxyl groups is 2. The molecule has 0 spiro atoms. The minimum absolute atomic E-state index is 0.362. The van der Waals surface area contributed by atoms with Gasteiger partial charge in [0.15, 0.2) is 5.79 Å². The molecule has 144 valence electrons. The van der Waals surface area contributed by atoms with Gasteiger partial charge < -0.3 is 10.2 Å². The van der Waals surface area contributed by atoms with Crippen LogP contribution < -0.4 is 0 Å². The molecule has 0 amide bonds. The maximum absolute atomic E-state index is 10.2. The monoisotopic (exact) mass is 348 g/mol. The molecule has 2 nitrogen and oxygen atoms in total. The minimum atomic E-state index is -1.39. The molecule has 0 heterocycles. The van der Waals surface area contributed by atoms with E-state index < -0.39 is 5.79 Å². The van der Waals surface area contributed by atoms with Gasteiger partial charge in [-0.2, -0.15) is 0 Å². The summed E-state index contributed by atoms with van der Waals surface area (Å²) in [4.78, 5) is 0. The van der Waals surface area contributed by atoms with Crippen LogP contribution in [0.4, 0.5) is 0 Å². The smallest absolute Gasteiger partial charge is 0.162 e. The lowest BCUT2D eigenvalue weighted by molar-refractivity contribution is -0.233. The van der Waals surface area contributed by atoms with Crippen molar-refractivity contribution in [3.05, 3.63) is 0 Å². The van der Waals surface area contributed by atoms with Crippen molar-refractivity contribution in [1.82, 2.24) is 0 Å². The van der Waals surface area contributed by atoms with Gasteiger partial charge in [0.25, 0.3) is 0 Å². The molecule has 0 unspecified atom stereocenters. The molecule has 4 fully saturated rings. The van der Waals surface area contributed by atoms with Crippen LogP contribution in [-0.4, -0.2) is 16.0 Å². The Morgan fingerprint density at radius 1 is 0.840 bits per heavy atom. The maximum Gasteiger partial charge on any atom is 0.162 e. The predicted octanol–water partition coefficient (Wildman–Crippen LogP) is 5.52. The molecule has 0 saturated heterocycles. The van der Waals surface area contributed by atoms with Gasteiger partial charge >= 0.3 is 0 Å². The molecule has 0 aliphatic heterocycles. The Morgan fingerprint density at radius 2 is 1.60 bits per heavy atom. The molecule has 0 bridgehead atoms. The van der Waals surface area contributed by atoms with Crippen LogP contribution in [0, 0.1) is 40.4 Å². The first-order valence-corrected chi connectivity index (χ1v) is 11.2. The average Bonchev–Trinajstić information content (AvgIpc) is 2.90. The Hall–Kier alpha value is -0.0800. The van der Waals surface area contributed by atoms with Gasteiger partial charge in [-0.3, -0.25) is 0 Å². The van der Waals surface area contributed by atoms with Gasteiger partial charge in [-0.1, -0.05) is 33.6 Å². The topological polar surface area (TPSA) is 40.5 Å². The molecule has 25 heavy (non-hydrogen) atoms. The summed E-state index contributed by atoms with van der Waals surface area (Å²) in [7, 11) is 0. The van der Waals surface area contributed by atoms with Gasteiger partial charge in [0.05, 0.1) is 0 Å². The van der Waals surface area contributed by atoms with E-state index in [0.29, 0.717) is 29.6 Å². The third-order valence-corrected chi connectivity index (χ3v) is 9.81. The Balaban J connectivity index is 1.54. The lowest BCUT2D eigenvalue weighted by Gasteiger charge is -2.61. The molecule has 4 aliphatic rings. The quantitative estimate of drug-likeness (QED) is 0.660. The lowest BCUT2D eigenvalue weighted by Crippen LogP contribution is -2.55. The van der Waals surface area contributed by atoms with E-state index in [-0.39, 0.29) is 0 Å². The summed E-state index contributed by atoms with van der Waals surface area (Å²) in [5.74, 6) is 2.80. The van der Waals surface area contributed by atoms with Crippen molar-refractivity contribution in [3.8, 4) is 0 Å². The molecular formula is C23H40O2. The molecule has 0 aromatic rings. The fourth-order valence-corrected chi connectivity index (χ4v) is 8.26. The van der Waals surface area contributed by atoms with Crippen molar-refractivity contribution < 1.29 is 10.2 Å². The average molecular weight is 349 g/mol. The molecule has 2 heteroatoms. The van der Waals surface area contributed by atoms with Crippen LogP contribution in [0.2, 0.25) is 0 Å². The summed E-state index contributed by atoms with van der Waals surface area (Å²) in [5, 5.41) is 20.4. The molecule has 0 aromatic carbocycles. The number of hydrogen-bond donors (Lipinski definition) is 2. The summed E-state index contributed by atoms with van der Waals surface area (Å²) in [6, 6.07) is 0. The second-order valence-electron chi connectivity index (χ2n) is 10.8. The van der Waals surface area contributed by atoms with Gasteiger partial charge in [-0.15, -0.1) is 0 Å². The van der Waals surface area contributed by atoms with Gasteiger partial charge in [-0.05, 0) is 91.8 Å². The lowest BCUT2D eigenvalue weighted by atomic mass is 9.44. The highest BCUT2D eigenvalue weighted by Gasteiger charge is 2.60. The number of hydrogen-bond acceptors (Lipinski definition) is 2. The number of unbranched alkanes of at least 4 members (excludes halogenated alkanes) is 1. The highest BCUT2D eigenvalue weighted by Crippen LogP contribution is 2.68. The van der Waals surface area contributed by atoms with Gasteiger partial charge in [-0.25, -0.2) is 0 Å². The van der Waals surface area contributed by atoms with E-state index in [2.05, 4.69) is 20.8 Å². The zero-order valence-electron chi connectivity index (χ0n) is 16.8. The van der Waals surface area contributed by atoms with E-state index in [1.165, 1.54) is 57.8 Å². The van der Waals surface area contributed by atoms with Gasteiger partial charge in [0.2, 0.25) is 0 Å². The number of fused-ring (bicyclic) bond motifs is 5. The largest absolute Gasteiger partial charge is 0.366 e. The van der Waals surface area contributed by atoms with Crippen LogP contribution >= 0.6 is 0 Å². The zero-order valence-corrected chi connectivity index (χ0v) is 16.8. The maximum atomic E-state index is 10.2. The zero-order chi connectivity index (χ0) is 17.9. The van der Waals surface area contributed by atoms with Crippen molar-refractivity contribution in [2.24, 2.45) is 40.4 Å². The van der Waals surface area contributed by atoms with Crippen molar-refractivity contribution in [2.45, 2.75) is 104 Å². The summed E-state index contributed by atoms with van der Waals surface area (Å²) in [6.07, 6.45) is 14.8. The Kier molecular flexibility index (Phi) is 4.56. The van der Waals surface area contributed by atoms with E-state index in [4.69, 9.17) is 0 Å². The van der Waals surface area contributed by atoms with Crippen molar-refractivity contribution in [1.29, 1.82) is 0 Å². The molecule has 0 radical (unpaired) electrons. The van der Waals surface area contributed by atoms with Crippen LogP contribution in [0.25, 0.3) is 0 Å². The van der Waals surface area contributed by atoms with E-state index in [1.54, 1.807) is 0 Å². The third kappa shape index (κ3) is 2.81. The first-order valence-electron chi connectivity index (χ1n) is 11.2. The summed E-state index contributed by atoms with van der Waals surface area (Å²) >= 11 is 0. The molecular weight excluding hydrogens is 308 g/mol. The Morgan fingerprint density at radius 3 is 2.36 bits per heavy atom. The van der Waals surface area contributed by atoms with Crippen molar-refractivity contribution >= 4 is 0 Å². The third-order valence-electron chi connectivity index (χ3n) is 9.81. The normalized spacial score (nSPS) is 51.5. The molecule has 2 N–H and O–H groups in total. The minimum Gasteiger partial charge on any atom is -0.366 e. The highest BCUT2D eigenvalue weighted by atomic mass is 16.5. The van der Waals surface area contributed by atoms with Crippen LogP contribution in [-0.2, 0) is 0 Å². The second kappa shape index (κ2) is 6.23. The Labute approximate surface area is 154 Å². The van der Waals surface area contributed by atoms with Crippen LogP contribution in [0.5, 0.6) is 0 Å². The van der Waals surface area contributed by atoms with E-state index >= 15 is 0 Å². The Bertz CT molecular complexity index is 500.